The molecule has 5 rings (SSSR count). The molecule has 1 amide bonds. The van der Waals surface area contributed by atoms with Gasteiger partial charge in [0.25, 0.3) is 5.91 Å². The third-order valence-corrected chi connectivity index (χ3v) is 5.45. The van der Waals surface area contributed by atoms with E-state index in [1.54, 1.807) is 18.6 Å². The fourth-order valence-corrected chi connectivity index (χ4v) is 3.74. The number of rotatable bonds is 6. The zero-order valence-corrected chi connectivity index (χ0v) is 17.5. The third kappa shape index (κ3) is 4.28. The Morgan fingerprint density at radius 2 is 1.94 bits per heavy atom. The Hall–Kier alpha value is -3.85. The molecule has 9 heteroatoms. The molecule has 0 saturated carbocycles. The minimum Gasteiger partial charge on any atom is -0.378 e. The first kappa shape index (κ1) is 20.1. The van der Waals surface area contributed by atoms with Gasteiger partial charge in [-0.2, -0.15) is 0 Å². The van der Waals surface area contributed by atoms with Gasteiger partial charge in [-0.25, -0.2) is 15.0 Å². The smallest absolute Gasteiger partial charge is 0.289 e. The number of pyridine rings is 2. The Labute approximate surface area is 184 Å². The molecule has 5 heterocycles. The molecule has 4 aromatic heterocycles. The number of nitrogens with zero attached hydrogens (tertiary/aromatic N) is 5. The second-order valence-corrected chi connectivity index (χ2v) is 7.51. The molecular formula is C23H23N7O2. The molecule has 0 bridgehead atoms. The first-order valence-corrected chi connectivity index (χ1v) is 10.6. The lowest BCUT2D eigenvalue weighted by Gasteiger charge is -2.28. The number of aromatic nitrogens is 5. The van der Waals surface area contributed by atoms with Crippen LogP contribution in [0.15, 0.2) is 55.2 Å². The average Bonchev–Trinajstić information content (AvgIpc) is 3.28. The quantitative estimate of drug-likeness (QED) is 0.484. The number of aromatic amines is 1. The summed E-state index contributed by atoms with van der Waals surface area (Å²) in [4.78, 5) is 35.2. The van der Waals surface area contributed by atoms with Crippen molar-refractivity contribution in [3.63, 3.8) is 0 Å². The Bertz CT molecular complexity index is 1200. The molecule has 0 spiro atoms. The topological polar surface area (TPSA) is 109 Å². The number of carbonyl (C=O) groups is 1. The SMILES string of the molecule is O=C(NCCc1ccccn1)c1ncc(-c2c[nH]c3ncc(N4CCOCC4)cc23)cn1. The molecule has 1 aliphatic rings. The Kier molecular flexibility index (Phi) is 5.71. The Balaban J connectivity index is 1.29. The third-order valence-electron chi connectivity index (χ3n) is 5.45. The second kappa shape index (κ2) is 9.11. The molecule has 0 aliphatic carbocycles. The first-order chi connectivity index (χ1) is 15.8. The van der Waals surface area contributed by atoms with E-state index in [4.69, 9.17) is 4.74 Å². The van der Waals surface area contributed by atoms with Gasteiger partial charge < -0.3 is 19.9 Å². The molecule has 1 fully saturated rings. The van der Waals surface area contributed by atoms with Gasteiger partial charge in [0.05, 0.1) is 25.1 Å². The monoisotopic (exact) mass is 429 g/mol. The highest BCUT2D eigenvalue weighted by Crippen LogP contribution is 2.30. The summed E-state index contributed by atoms with van der Waals surface area (Å²) in [6, 6.07) is 7.84. The van der Waals surface area contributed by atoms with E-state index in [0.717, 1.165) is 59.8 Å². The Morgan fingerprint density at radius 1 is 1.09 bits per heavy atom. The summed E-state index contributed by atoms with van der Waals surface area (Å²) in [5, 5.41) is 3.83. The van der Waals surface area contributed by atoms with E-state index >= 15 is 0 Å². The highest BCUT2D eigenvalue weighted by Gasteiger charge is 2.15. The maximum absolute atomic E-state index is 12.4. The second-order valence-electron chi connectivity index (χ2n) is 7.51. The molecule has 162 valence electrons. The number of ether oxygens (including phenoxy) is 1. The number of hydrogen-bond acceptors (Lipinski definition) is 7. The van der Waals surface area contributed by atoms with Crippen molar-refractivity contribution in [3.8, 4) is 11.1 Å². The summed E-state index contributed by atoms with van der Waals surface area (Å²) >= 11 is 0. The van der Waals surface area contributed by atoms with Crippen LogP contribution in [0.25, 0.3) is 22.2 Å². The number of morpholine rings is 1. The van der Waals surface area contributed by atoms with Crippen molar-refractivity contribution in [1.82, 2.24) is 30.2 Å². The van der Waals surface area contributed by atoms with Crippen LogP contribution >= 0.6 is 0 Å². The van der Waals surface area contributed by atoms with Crippen molar-refractivity contribution < 1.29 is 9.53 Å². The van der Waals surface area contributed by atoms with Crippen LogP contribution < -0.4 is 10.2 Å². The largest absolute Gasteiger partial charge is 0.378 e. The van der Waals surface area contributed by atoms with E-state index in [-0.39, 0.29) is 11.7 Å². The molecule has 9 nitrogen and oxygen atoms in total. The van der Waals surface area contributed by atoms with Crippen LogP contribution in [0.3, 0.4) is 0 Å². The van der Waals surface area contributed by atoms with E-state index in [1.165, 1.54) is 0 Å². The van der Waals surface area contributed by atoms with Crippen molar-refractivity contribution in [2.24, 2.45) is 0 Å². The van der Waals surface area contributed by atoms with Crippen molar-refractivity contribution in [3.05, 3.63) is 66.8 Å². The van der Waals surface area contributed by atoms with Gasteiger partial charge in [-0.15, -0.1) is 0 Å². The number of fused-ring (bicyclic) bond motifs is 1. The molecule has 0 atom stereocenters. The van der Waals surface area contributed by atoms with Gasteiger partial charge in [-0.3, -0.25) is 9.78 Å². The number of nitrogens with one attached hydrogen (secondary N) is 2. The fourth-order valence-electron chi connectivity index (χ4n) is 3.74. The average molecular weight is 429 g/mol. The summed E-state index contributed by atoms with van der Waals surface area (Å²) < 4.78 is 5.44. The van der Waals surface area contributed by atoms with E-state index in [0.29, 0.717) is 13.0 Å². The molecule has 0 aromatic carbocycles. The van der Waals surface area contributed by atoms with Crippen molar-refractivity contribution >= 4 is 22.6 Å². The highest BCUT2D eigenvalue weighted by atomic mass is 16.5. The van der Waals surface area contributed by atoms with Crippen LogP contribution in [-0.2, 0) is 11.2 Å². The van der Waals surface area contributed by atoms with E-state index in [1.807, 2.05) is 30.6 Å². The lowest BCUT2D eigenvalue weighted by atomic mass is 10.1. The normalized spacial score (nSPS) is 13.9. The maximum Gasteiger partial charge on any atom is 0.289 e. The minimum atomic E-state index is -0.303. The standard InChI is InChI=1S/C23H23N7O2/c31-23(25-6-4-17-3-1-2-5-24-17)22-26-12-16(13-27-22)20-15-29-21-19(20)11-18(14-28-21)30-7-9-32-10-8-30/h1-3,5,11-15H,4,6-10H2,(H,25,31)(H,28,29). The zero-order chi connectivity index (χ0) is 21.8. The summed E-state index contributed by atoms with van der Waals surface area (Å²) in [6.07, 6.45) is 9.51. The highest BCUT2D eigenvalue weighted by molar-refractivity contribution is 5.95. The number of H-pyrrole nitrogens is 1. The molecule has 4 aromatic rings. The van der Waals surface area contributed by atoms with Gasteiger partial charge in [0.15, 0.2) is 0 Å². The van der Waals surface area contributed by atoms with Gasteiger partial charge in [0.1, 0.15) is 5.65 Å². The lowest BCUT2D eigenvalue weighted by Crippen LogP contribution is -2.36. The van der Waals surface area contributed by atoms with Gasteiger partial charge in [0, 0.05) is 73.0 Å². The van der Waals surface area contributed by atoms with E-state index < -0.39 is 0 Å². The van der Waals surface area contributed by atoms with Crippen LogP contribution in [-0.4, -0.2) is 63.7 Å². The van der Waals surface area contributed by atoms with Crippen LogP contribution in [0.4, 0.5) is 5.69 Å². The van der Waals surface area contributed by atoms with Crippen LogP contribution in [0.2, 0.25) is 0 Å². The number of hydrogen-bond donors (Lipinski definition) is 2. The number of carbonyl (C=O) groups excluding carboxylic acids is 1. The van der Waals surface area contributed by atoms with Gasteiger partial charge in [0.2, 0.25) is 5.82 Å². The number of anilines is 1. The van der Waals surface area contributed by atoms with Gasteiger partial charge in [-0.05, 0) is 18.2 Å². The minimum absolute atomic E-state index is 0.141. The van der Waals surface area contributed by atoms with Crippen molar-refractivity contribution in [2.75, 3.05) is 37.7 Å². The fraction of sp³-hybridized carbons (Fsp3) is 0.261. The summed E-state index contributed by atoms with van der Waals surface area (Å²) in [7, 11) is 0. The molecule has 0 unspecified atom stereocenters. The summed E-state index contributed by atoms with van der Waals surface area (Å²) in [5.41, 5.74) is 4.56. The van der Waals surface area contributed by atoms with Gasteiger partial charge >= 0.3 is 0 Å². The maximum atomic E-state index is 12.4. The van der Waals surface area contributed by atoms with Crippen LogP contribution in [0.5, 0.6) is 0 Å². The Morgan fingerprint density at radius 3 is 2.72 bits per heavy atom. The van der Waals surface area contributed by atoms with E-state index in [9.17, 15) is 4.79 Å². The van der Waals surface area contributed by atoms with Gasteiger partial charge in [-0.1, -0.05) is 6.07 Å². The predicted molar refractivity (Wildman–Crippen MR) is 120 cm³/mol. The molecule has 32 heavy (non-hydrogen) atoms. The molecule has 1 saturated heterocycles. The van der Waals surface area contributed by atoms with Crippen LogP contribution in [0, 0.1) is 0 Å². The lowest BCUT2D eigenvalue weighted by molar-refractivity contribution is 0.0943. The zero-order valence-electron chi connectivity index (χ0n) is 17.5. The first-order valence-electron chi connectivity index (χ1n) is 10.6. The molecule has 0 radical (unpaired) electrons. The predicted octanol–water partition coefficient (Wildman–Crippen LogP) is 2.22. The van der Waals surface area contributed by atoms with Crippen molar-refractivity contribution in [1.29, 1.82) is 0 Å². The van der Waals surface area contributed by atoms with E-state index in [2.05, 4.69) is 41.2 Å². The number of amides is 1. The summed E-state index contributed by atoms with van der Waals surface area (Å²) in [6.45, 7) is 3.61. The summed E-state index contributed by atoms with van der Waals surface area (Å²) in [5.74, 6) is -0.163. The molecule has 2 N–H and O–H groups in total. The molecule has 1 aliphatic heterocycles. The van der Waals surface area contributed by atoms with Crippen LogP contribution in [0.1, 0.15) is 16.3 Å². The van der Waals surface area contributed by atoms with Crippen molar-refractivity contribution in [2.45, 2.75) is 6.42 Å². The molecular weight excluding hydrogens is 406 g/mol.